The Morgan fingerprint density at radius 1 is 1.40 bits per heavy atom. The van der Waals surface area contributed by atoms with Crippen LogP contribution in [0.15, 0.2) is 18.3 Å². The van der Waals surface area contributed by atoms with Gasteiger partial charge in [0.25, 0.3) is 0 Å². The molecule has 0 aliphatic heterocycles. The molecule has 1 fully saturated rings. The van der Waals surface area contributed by atoms with Crippen molar-refractivity contribution >= 4 is 5.65 Å². The third-order valence-corrected chi connectivity index (χ3v) is 3.28. The Bertz CT molecular complexity index is 535. The number of nitrogens with zero attached hydrogens (tertiary/aromatic N) is 2. The van der Waals surface area contributed by atoms with Crippen LogP contribution < -0.4 is 5.73 Å². The van der Waals surface area contributed by atoms with Crippen LogP contribution in [0.3, 0.4) is 0 Å². The lowest BCUT2D eigenvalue weighted by molar-refractivity contribution is 0.707. The Morgan fingerprint density at radius 2 is 2.13 bits per heavy atom. The second-order valence-corrected chi connectivity index (χ2v) is 4.63. The highest BCUT2D eigenvalue weighted by atomic mass is 15.1. The molecule has 1 aliphatic carbocycles. The van der Waals surface area contributed by atoms with Gasteiger partial charge < -0.3 is 10.1 Å². The molecular formula is C12H15N3. The van der Waals surface area contributed by atoms with Crippen molar-refractivity contribution in [1.29, 1.82) is 0 Å². The number of hydrogen-bond donors (Lipinski definition) is 1. The Kier molecular flexibility index (Phi) is 1.55. The van der Waals surface area contributed by atoms with Crippen LogP contribution in [0.2, 0.25) is 0 Å². The summed E-state index contributed by atoms with van der Waals surface area (Å²) in [6, 6.07) is 4.20. The van der Waals surface area contributed by atoms with Gasteiger partial charge >= 0.3 is 0 Å². The van der Waals surface area contributed by atoms with E-state index in [-0.39, 0.29) is 5.54 Å². The molecule has 2 aromatic rings. The predicted octanol–water partition coefficient (Wildman–Crippen LogP) is 1.90. The number of imidazole rings is 1. The summed E-state index contributed by atoms with van der Waals surface area (Å²) in [5, 5.41) is 0. The van der Waals surface area contributed by atoms with Crippen LogP contribution in [0.5, 0.6) is 0 Å². The zero-order chi connectivity index (χ0) is 10.6. The van der Waals surface area contributed by atoms with Crippen LogP contribution in [-0.2, 0) is 5.54 Å². The maximum absolute atomic E-state index is 6.19. The van der Waals surface area contributed by atoms with Gasteiger partial charge in [0.05, 0.1) is 11.2 Å². The summed E-state index contributed by atoms with van der Waals surface area (Å²) in [6.07, 6.45) is 4.20. The second-order valence-electron chi connectivity index (χ2n) is 4.63. The molecule has 0 atom stereocenters. The van der Waals surface area contributed by atoms with E-state index in [9.17, 15) is 0 Å². The van der Waals surface area contributed by atoms with Crippen LogP contribution in [0.4, 0.5) is 0 Å². The van der Waals surface area contributed by atoms with Crippen molar-refractivity contribution in [1.82, 2.24) is 9.38 Å². The zero-order valence-electron chi connectivity index (χ0n) is 9.12. The molecule has 0 unspecified atom stereocenters. The molecule has 0 saturated heterocycles. The topological polar surface area (TPSA) is 43.3 Å². The number of fused-ring (bicyclic) bond motifs is 1. The molecule has 78 valence electrons. The molecule has 0 spiro atoms. The summed E-state index contributed by atoms with van der Waals surface area (Å²) in [4.78, 5) is 4.64. The van der Waals surface area contributed by atoms with Crippen molar-refractivity contribution < 1.29 is 0 Å². The average molecular weight is 201 g/mol. The molecule has 0 radical (unpaired) electrons. The molecule has 2 N–H and O–H groups in total. The predicted molar refractivity (Wildman–Crippen MR) is 59.8 cm³/mol. The molecule has 2 heterocycles. The Morgan fingerprint density at radius 3 is 2.80 bits per heavy atom. The lowest BCUT2D eigenvalue weighted by Crippen LogP contribution is -2.20. The molecular weight excluding hydrogens is 186 g/mol. The van der Waals surface area contributed by atoms with E-state index in [0.717, 1.165) is 24.2 Å². The minimum absolute atomic E-state index is 0.135. The Balaban J connectivity index is 2.29. The number of hydrogen-bond acceptors (Lipinski definition) is 2. The molecule has 2 aromatic heterocycles. The summed E-state index contributed by atoms with van der Waals surface area (Å²) >= 11 is 0. The van der Waals surface area contributed by atoms with Crippen molar-refractivity contribution in [3.05, 3.63) is 35.3 Å². The minimum atomic E-state index is -0.135. The number of aryl methyl sites for hydroxylation is 2. The van der Waals surface area contributed by atoms with Gasteiger partial charge in [0.2, 0.25) is 0 Å². The molecule has 1 aliphatic rings. The smallest absolute Gasteiger partial charge is 0.137 e. The molecule has 3 rings (SSSR count). The van der Waals surface area contributed by atoms with Gasteiger partial charge in [-0.2, -0.15) is 0 Å². The normalized spacial score (nSPS) is 18.3. The number of nitrogens with two attached hydrogens (primary N) is 1. The van der Waals surface area contributed by atoms with E-state index in [2.05, 4.69) is 41.6 Å². The number of aromatic nitrogens is 2. The van der Waals surface area contributed by atoms with Gasteiger partial charge in [0, 0.05) is 11.9 Å². The first-order chi connectivity index (χ1) is 7.10. The van der Waals surface area contributed by atoms with E-state index in [1.165, 1.54) is 11.3 Å². The van der Waals surface area contributed by atoms with E-state index in [1.54, 1.807) is 0 Å². The summed E-state index contributed by atoms with van der Waals surface area (Å²) in [5.74, 6) is 0. The third kappa shape index (κ3) is 1.20. The van der Waals surface area contributed by atoms with Crippen LogP contribution in [-0.4, -0.2) is 9.38 Å². The monoisotopic (exact) mass is 201 g/mol. The van der Waals surface area contributed by atoms with Crippen molar-refractivity contribution in [2.45, 2.75) is 32.2 Å². The van der Waals surface area contributed by atoms with E-state index < -0.39 is 0 Å². The Labute approximate surface area is 88.9 Å². The number of pyridine rings is 1. The largest absolute Gasteiger partial charge is 0.320 e. The van der Waals surface area contributed by atoms with Crippen molar-refractivity contribution in [2.24, 2.45) is 5.73 Å². The first kappa shape index (κ1) is 8.92. The van der Waals surface area contributed by atoms with Crippen LogP contribution in [0.25, 0.3) is 5.65 Å². The molecule has 0 aromatic carbocycles. The summed E-state index contributed by atoms with van der Waals surface area (Å²) < 4.78 is 2.12. The zero-order valence-corrected chi connectivity index (χ0v) is 9.12. The SMILES string of the molecule is Cc1ccn2c(C)c(C3(N)CC3)nc2c1. The average Bonchev–Trinajstić information content (AvgIpc) is 2.84. The van der Waals surface area contributed by atoms with Gasteiger partial charge in [0.15, 0.2) is 0 Å². The molecule has 0 bridgehead atoms. The first-order valence-electron chi connectivity index (χ1n) is 5.35. The molecule has 3 nitrogen and oxygen atoms in total. The maximum atomic E-state index is 6.19. The van der Waals surface area contributed by atoms with Gasteiger partial charge in [-0.1, -0.05) is 0 Å². The highest BCUT2D eigenvalue weighted by Gasteiger charge is 2.43. The van der Waals surface area contributed by atoms with E-state index in [4.69, 9.17) is 5.73 Å². The van der Waals surface area contributed by atoms with Crippen LogP contribution in [0.1, 0.15) is 29.8 Å². The van der Waals surface area contributed by atoms with Crippen molar-refractivity contribution in [2.75, 3.05) is 0 Å². The summed E-state index contributed by atoms with van der Waals surface area (Å²) in [5.41, 5.74) is 10.6. The van der Waals surface area contributed by atoms with Crippen molar-refractivity contribution in [3.8, 4) is 0 Å². The highest BCUT2D eigenvalue weighted by molar-refractivity contribution is 5.47. The lowest BCUT2D eigenvalue weighted by atomic mass is 10.1. The number of rotatable bonds is 1. The highest BCUT2D eigenvalue weighted by Crippen LogP contribution is 2.43. The van der Waals surface area contributed by atoms with E-state index in [1.807, 2.05) is 0 Å². The lowest BCUT2D eigenvalue weighted by Gasteiger charge is -2.05. The van der Waals surface area contributed by atoms with E-state index >= 15 is 0 Å². The fourth-order valence-corrected chi connectivity index (χ4v) is 2.11. The first-order valence-corrected chi connectivity index (χ1v) is 5.35. The standard InChI is InChI=1S/C12H15N3/c1-8-3-6-15-9(2)11(12(13)4-5-12)14-10(15)7-8/h3,6-7H,4-5,13H2,1-2H3. The summed E-state index contributed by atoms with van der Waals surface area (Å²) in [7, 11) is 0. The minimum Gasteiger partial charge on any atom is -0.320 e. The fraction of sp³-hybridized carbons (Fsp3) is 0.417. The van der Waals surface area contributed by atoms with Gasteiger partial charge in [-0.05, 0) is 44.4 Å². The second kappa shape index (κ2) is 2.61. The van der Waals surface area contributed by atoms with Gasteiger partial charge in [-0.15, -0.1) is 0 Å². The molecule has 3 heteroatoms. The van der Waals surface area contributed by atoms with Gasteiger partial charge in [-0.25, -0.2) is 4.98 Å². The molecule has 0 amide bonds. The summed E-state index contributed by atoms with van der Waals surface area (Å²) in [6.45, 7) is 4.18. The van der Waals surface area contributed by atoms with Gasteiger partial charge in [0.1, 0.15) is 5.65 Å². The third-order valence-electron chi connectivity index (χ3n) is 3.28. The fourth-order valence-electron chi connectivity index (χ4n) is 2.11. The molecule has 1 saturated carbocycles. The quantitative estimate of drug-likeness (QED) is 0.765. The van der Waals surface area contributed by atoms with Crippen LogP contribution >= 0.6 is 0 Å². The molecule has 15 heavy (non-hydrogen) atoms. The maximum Gasteiger partial charge on any atom is 0.137 e. The van der Waals surface area contributed by atoms with Crippen molar-refractivity contribution in [3.63, 3.8) is 0 Å². The Hall–Kier alpha value is -1.35. The van der Waals surface area contributed by atoms with E-state index in [0.29, 0.717) is 0 Å². The van der Waals surface area contributed by atoms with Gasteiger partial charge in [-0.3, -0.25) is 0 Å². The van der Waals surface area contributed by atoms with Crippen LogP contribution in [0, 0.1) is 13.8 Å².